The minimum atomic E-state index is 0.229. The van der Waals surface area contributed by atoms with Gasteiger partial charge in [-0.3, -0.25) is 0 Å². The highest BCUT2D eigenvalue weighted by molar-refractivity contribution is 8.04. The topological polar surface area (TPSA) is 23.8 Å². The second-order valence-electron chi connectivity index (χ2n) is 2.49. The number of nitrogens with zero attached hydrogens (tertiary/aromatic N) is 1. The Labute approximate surface area is 89.7 Å². The van der Waals surface area contributed by atoms with Gasteiger partial charge < -0.3 is 0 Å². The van der Waals surface area contributed by atoms with Crippen LogP contribution < -0.4 is 0 Å². The number of benzene rings is 1. The number of hydrogen-bond acceptors (Lipinski definition) is 2. The quantitative estimate of drug-likeness (QED) is 0.585. The van der Waals surface area contributed by atoms with Gasteiger partial charge in [-0.05, 0) is 35.6 Å². The molecule has 0 aliphatic rings. The monoisotopic (exact) mass is 229 g/mol. The van der Waals surface area contributed by atoms with Crippen molar-refractivity contribution < 1.29 is 0 Å². The molecule has 0 heterocycles. The Bertz CT molecular complexity index is 306. The molecule has 1 aromatic rings. The average molecular weight is 230 g/mol. The lowest BCUT2D eigenvalue weighted by Crippen LogP contribution is -1.93. The zero-order chi connectivity index (χ0) is 9.68. The maximum atomic E-state index is 8.56. The van der Waals surface area contributed by atoms with Crippen LogP contribution in [0.1, 0.15) is 10.8 Å². The van der Waals surface area contributed by atoms with Crippen LogP contribution in [0.2, 0.25) is 5.02 Å². The fourth-order valence-electron chi connectivity index (χ4n) is 0.993. The van der Waals surface area contributed by atoms with Crippen LogP contribution in [0.25, 0.3) is 0 Å². The first-order valence-electron chi connectivity index (χ1n) is 3.78. The lowest BCUT2D eigenvalue weighted by atomic mass is 10.2. The van der Waals surface area contributed by atoms with E-state index in [9.17, 15) is 0 Å². The van der Waals surface area contributed by atoms with Crippen LogP contribution in [0, 0.1) is 10.7 Å². The first-order valence-corrected chi connectivity index (χ1v) is 5.85. The maximum absolute atomic E-state index is 8.56. The molecular weight excluding hydrogens is 221 g/mol. The van der Waals surface area contributed by atoms with Crippen molar-refractivity contribution in [2.45, 2.75) is 5.25 Å². The number of nitriles is 1. The SMILES string of the molecule is N#CSC(CP)c1ccc(Cl)cc1. The molecule has 1 rings (SSSR count). The number of halogens is 1. The first kappa shape index (κ1) is 10.9. The van der Waals surface area contributed by atoms with E-state index in [0.717, 1.165) is 16.7 Å². The van der Waals surface area contributed by atoms with E-state index in [2.05, 4.69) is 14.6 Å². The predicted molar refractivity (Wildman–Crippen MR) is 62.0 cm³/mol. The van der Waals surface area contributed by atoms with Crippen molar-refractivity contribution >= 4 is 32.6 Å². The summed E-state index contributed by atoms with van der Waals surface area (Å²) in [6.45, 7) is 0. The van der Waals surface area contributed by atoms with Crippen molar-refractivity contribution in [1.29, 1.82) is 5.26 Å². The second-order valence-corrected chi connectivity index (χ2v) is 4.38. The van der Waals surface area contributed by atoms with Crippen LogP contribution in [-0.4, -0.2) is 6.16 Å². The zero-order valence-electron chi connectivity index (χ0n) is 6.90. The summed E-state index contributed by atoms with van der Waals surface area (Å²) in [6.07, 6.45) is 0.875. The van der Waals surface area contributed by atoms with E-state index < -0.39 is 0 Å². The smallest absolute Gasteiger partial charge is 0.133 e. The molecule has 1 aromatic carbocycles. The number of thioether (sulfide) groups is 1. The molecule has 4 heteroatoms. The normalized spacial score (nSPS) is 12.1. The summed E-state index contributed by atoms with van der Waals surface area (Å²) in [5.41, 5.74) is 1.14. The number of rotatable bonds is 3. The van der Waals surface area contributed by atoms with E-state index in [1.807, 2.05) is 24.3 Å². The molecule has 0 fully saturated rings. The van der Waals surface area contributed by atoms with E-state index in [1.165, 1.54) is 11.8 Å². The van der Waals surface area contributed by atoms with Gasteiger partial charge in [-0.2, -0.15) is 5.26 Å². The maximum Gasteiger partial charge on any atom is 0.133 e. The molecule has 0 radical (unpaired) electrons. The largest absolute Gasteiger partial charge is 0.185 e. The highest BCUT2D eigenvalue weighted by Gasteiger charge is 2.08. The van der Waals surface area contributed by atoms with E-state index in [1.54, 1.807) is 0 Å². The molecule has 2 unspecified atom stereocenters. The molecule has 0 aromatic heterocycles. The Balaban J connectivity index is 2.80. The Kier molecular flexibility index (Phi) is 4.59. The van der Waals surface area contributed by atoms with Crippen molar-refractivity contribution in [1.82, 2.24) is 0 Å². The van der Waals surface area contributed by atoms with Gasteiger partial charge in [-0.15, -0.1) is 9.24 Å². The molecule has 0 saturated heterocycles. The van der Waals surface area contributed by atoms with Gasteiger partial charge >= 0.3 is 0 Å². The van der Waals surface area contributed by atoms with Gasteiger partial charge in [0.2, 0.25) is 0 Å². The molecule has 0 spiro atoms. The average Bonchev–Trinajstić information content (AvgIpc) is 2.16. The van der Waals surface area contributed by atoms with Crippen LogP contribution in [0.15, 0.2) is 24.3 Å². The standard InChI is InChI=1S/C9H9ClNPS/c10-8-3-1-7(2-4-8)9(5-12)13-6-11/h1-4,9H,5,12H2. The molecule has 0 aliphatic carbocycles. The van der Waals surface area contributed by atoms with E-state index >= 15 is 0 Å². The second kappa shape index (κ2) is 5.50. The number of hydrogen-bond donors (Lipinski definition) is 0. The molecule has 2 atom stereocenters. The third kappa shape index (κ3) is 3.19. The van der Waals surface area contributed by atoms with Gasteiger partial charge in [-0.1, -0.05) is 23.7 Å². The van der Waals surface area contributed by atoms with E-state index in [0.29, 0.717) is 0 Å². The molecule has 0 saturated carbocycles. The predicted octanol–water partition coefficient (Wildman–Crippen LogP) is 3.47. The lowest BCUT2D eigenvalue weighted by Gasteiger charge is -2.09. The molecule has 0 aliphatic heterocycles. The number of thiocyanates is 1. The summed E-state index contributed by atoms with van der Waals surface area (Å²) in [5.74, 6) is 0. The minimum absolute atomic E-state index is 0.229. The Morgan fingerprint density at radius 2 is 2.08 bits per heavy atom. The van der Waals surface area contributed by atoms with Gasteiger partial charge in [0.25, 0.3) is 0 Å². The molecule has 1 nitrogen and oxygen atoms in total. The van der Waals surface area contributed by atoms with Gasteiger partial charge in [0.05, 0.1) is 0 Å². The van der Waals surface area contributed by atoms with Crippen LogP contribution >= 0.6 is 32.6 Å². The fraction of sp³-hybridized carbons (Fsp3) is 0.222. The van der Waals surface area contributed by atoms with Gasteiger partial charge in [0.15, 0.2) is 0 Å². The highest BCUT2D eigenvalue weighted by atomic mass is 35.5. The summed E-state index contributed by atoms with van der Waals surface area (Å²) < 4.78 is 0. The molecule has 0 N–H and O–H groups in total. The van der Waals surface area contributed by atoms with E-state index in [4.69, 9.17) is 16.9 Å². The summed E-state index contributed by atoms with van der Waals surface area (Å²) in [5, 5.41) is 11.6. The molecule has 68 valence electrons. The lowest BCUT2D eigenvalue weighted by molar-refractivity contribution is 1.12. The third-order valence-corrected chi connectivity index (χ3v) is 3.57. The van der Waals surface area contributed by atoms with Crippen molar-refractivity contribution in [3.05, 3.63) is 34.9 Å². The Morgan fingerprint density at radius 3 is 2.54 bits per heavy atom. The van der Waals surface area contributed by atoms with Crippen LogP contribution in [-0.2, 0) is 0 Å². The first-order chi connectivity index (χ1) is 6.27. The Morgan fingerprint density at radius 1 is 1.46 bits per heavy atom. The molecule has 0 bridgehead atoms. The van der Waals surface area contributed by atoms with Crippen LogP contribution in [0.4, 0.5) is 0 Å². The summed E-state index contributed by atoms with van der Waals surface area (Å²) in [4.78, 5) is 0. The minimum Gasteiger partial charge on any atom is -0.185 e. The highest BCUT2D eigenvalue weighted by Crippen LogP contribution is 2.30. The molecular formula is C9H9ClNPS. The van der Waals surface area contributed by atoms with E-state index in [-0.39, 0.29) is 5.25 Å². The van der Waals surface area contributed by atoms with Gasteiger partial charge in [-0.25, -0.2) is 0 Å². The van der Waals surface area contributed by atoms with Crippen LogP contribution in [0.5, 0.6) is 0 Å². The third-order valence-electron chi connectivity index (χ3n) is 1.65. The molecule has 13 heavy (non-hydrogen) atoms. The van der Waals surface area contributed by atoms with Crippen molar-refractivity contribution in [2.75, 3.05) is 6.16 Å². The molecule has 0 amide bonds. The summed E-state index contributed by atoms with van der Waals surface area (Å²) >= 11 is 7.04. The zero-order valence-corrected chi connectivity index (χ0v) is 9.63. The Hall–Kier alpha value is -0.220. The summed E-state index contributed by atoms with van der Waals surface area (Å²) in [6, 6.07) is 7.62. The van der Waals surface area contributed by atoms with Crippen molar-refractivity contribution in [2.24, 2.45) is 0 Å². The fourth-order valence-corrected chi connectivity index (χ4v) is 2.20. The van der Waals surface area contributed by atoms with Crippen molar-refractivity contribution in [3.63, 3.8) is 0 Å². The van der Waals surface area contributed by atoms with Crippen molar-refractivity contribution in [3.8, 4) is 5.40 Å². The van der Waals surface area contributed by atoms with Crippen LogP contribution in [0.3, 0.4) is 0 Å². The van der Waals surface area contributed by atoms with Gasteiger partial charge in [0.1, 0.15) is 5.40 Å². The van der Waals surface area contributed by atoms with Gasteiger partial charge in [0, 0.05) is 10.3 Å². The summed E-state index contributed by atoms with van der Waals surface area (Å²) in [7, 11) is 2.65.